The number of hydrogen-bond donors (Lipinski definition) is 1. The van der Waals surface area contributed by atoms with Gasteiger partial charge in [0.25, 0.3) is 0 Å². The molecule has 1 aromatic rings. The van der Waals surface area contributed by atoms with Gasteiger partial charge in [-0.15, -0.1) is 0 Å². The molecule has 0 aliphatic carbocycles. The number of hydrogen-bond acceptors (Lipinski definition) is 4. The lowest BCUT2D eigenvalue weighted by Gasteiger charge is -2.28. The van der Waals surface area contributed by atoms with Gasteiger partial charge in [-0.3, -0.25) is 0 Å². The molecule has 1 saturated heterocycles. The van der Waals surface area contributed by atoms with Crippen molar-refractivity contribution in [1.82, 2.24) is 9.97 Å². The molecule has 2 rings (SSSR count). The second-order valence-electron chi connectivity index (χ2n) is 5.01. The Morgan fingerprint density at radius 3 is 2.56 bits per heavy atom. The number of nitrogens with zero attached hydrogens (tertiary/aromatic N) is 3. The molecule has 2 heterocycles. The Bertz CT molecular complexity index is 350. The SMILES string of the molecule is CC(C)(N)c1ccnc(N2CCCCC2)n1. The third-order valence-electron chi connectivity index (χ3n) is 2.94. The topological polar surface area (TPSA) is 55.0 Å². The van der Waals surface area contributed by atoms with Gasteiger partial charge in [-0.2, -0.15) is 0 Å². The van der Waals surface area contributed by atoms with Crippen molar-refractivity contribution in [2.75, 3.05) is 18.0 Å². The first-order chi connectivity index (χ1) is 7.57. The molecule has 1 aliphatic heterocycles. The second-order valence-corrected chi connectivity index (χ2v) is 5.01. The van der Waals surface area contributed by atoms with Gasteiger partial charge in [0, 0.05) is 19.3 Å². The highest BCUT2D eigenvalue weighted by molar-refractivity contribution is 5.32. The summed E-state index contributed by atoms with van der Waals surface area (Å²) in [5.74, 6) is 0.829. The molecule has 4 heteroatoms. The van der Waals surface area contributed by atoms with Gasteiger partial charge < -0.3 is 10.6 Å². The summed E-state index contributed by atoms with van der Waals surface area (Å²) in [5.41, 5.74) is 6.56. The summed E-state index contributed by atoms with van der Waals surface area (Å²) in [5, 5.41) is 0. The summed E-state index contributed by atoms with van der Waals surface area (Å²) in [6.45, 7) is 6.06. The minimum absolute atomic E-state index is 0.395. The lowest BCUT2D eigenvalue weighted by Crippen LogP contribution is -2.34. The van der Waals surface area contributed by atoms with E-state index in [1.807, 2.05) is 19.9 Å². The van der Waals surface area contributed by atoms with E-state index in [0.29, 0.717) is 0 Å². The largest absolute Gasteiger partial charge is 0.341 e. The highest BCUT2D eigenvalue weighted by Gasteiger charge is 2.19. The van der Waals surface area contributed by atoms with E-state index in [4.69, 9.17) is 5.73 Å². The van der Waals surface area contributed by atoms with E-state index in [-0.39, 0.29) is 0 Å². The van der Waals surface area contributed by atoms with Crippen molar-refractivity contribution in [2.24, 2.45) is 5.73 Å². The van der Waals surface area contributed by atoms with E-state index in [2.05, 4.69) is 14.9 Å². The van der Waals surface area contributed by atoms with Gasteiger partial charge in [-0.05, 0) is 39.2 Å². The molecule has 88 valence electrons. The fourth-order valence-electron chi connectivity index (χ4n) is 1.95. The van der Waals surface area contributed by atoms with Gasteiger partial charge in [0.05, 0.1) is 11.2 Å². The smallest absolute Gasteiger partial charge is 0.225 e. The van der Waals surface area contributed by atoms with Crippen molar-refractivity contribution in [1.29, 1.82) is 0 Å². The standard InChI is InChI=1S/C12H20N4/c1-12(2,13)10-6-7-14-11(15-10)16-8-4-3-5-9-16/h6-7H,3-5,8-9,13H2,1-2H3. The first kappa shape index (κ1) is 11.3. The Balaban J connectivity index is 2.21. The van der Waals surface area contributed by atoms with Crippen LogP contribution in [0.3, 0.4) is 0 Å². The Kier molecular flexibility index (Phi) is 3.10. The minimum atomic E-state index is -0.395. The van der Waals surface area contributed by atoms with Gasteiger partial charge in [0.2, 0.25) is 5.95 Å². The van der Waals surface area contributed by atoms with Gasteiger partial charge in [0.15, 0.2) is 0 Å². The van der Waals surface area contributed by atoms with Crippen LogP contribution < -0.4 is 10.6 Å². The number of anilines is 1. The van der Waals surface area contributed by atoms with Crippen molar-refractivity contribution < 1.29 is 0 Å². The summed E-state index contributed by atoms with van der Waals surface area (Å²) in [6.07, 6.45) is 5.60. The molecule has 1 aliphatic rings. The molecule has 4 nitrogen and oxygen atoms in total. The molecule has 1 aromatic heterocycles. The predicted octanol–water partition coefficient (Wildman–Crippen LogP) is 1.66. The Morgan fingerprint density at radius 2 is 1.94 bits per heavy atom. The van der Waals surface area contributed by atoms with Crippen LogP contribution in [0.15, 0.2) is 12.3 Å². The fourth-order valence-corrected chi connectivity index (χ4v) is 1.95. The molecule has 0 spiro atoms. The molecule has 0 radical (unpaired) electrons. The van der Waals surface area contributed by atoms with Gasteiger partial charge in [0.1, 0.15) is 0 Å². The number of aromatic nitrogens is 2. The zero-order chi connectivity index (χ0) is 11.6. The van der Waals surface area contributed by atoms with E-state index in [0.717, 1.165) is 24.7 Å². The van der Waals surface area contributed by atoms with Crippen LogP contribution in [-0.4, -0.2) is 23.1 Å². The molecule has 0 aromatic carbocycles. The van der Waals surface area contributed by atoms with Crippen LogP contribution >= 0.6 is 0 Å². The summed E-state index contributed by atoms with van der Waals surface area (Å²) in [7, 11) is 0. The third kappa shape index (κ3) is 2.50. The van der Waals surface area contributed by atoms with Gasteiger partial charge >= 0.3 is 0 Å². The summed E-state index contributed by atoms with van der Waals surface area (Å²) in [6, 6.07) is 1.90. The van der Waals surface area contributed by atoms with Crippen molar-refractivity contribution in [3.63, 3.8) is 0 Å². The van der Waals surface area contributed by atoms with E-state index in [1.165, 1.54) is 19.3 Å². The Morgan fingerprint density at radius 1 is 1.25 bits per heavy atom. The van der Waals surface area contributed by atoms with Crippen molar-refractivity contribution in [3.05, 3.63) is 18.0 Å². The molecule has 1 fully saturated rings. The Hall–Kier alpha value is -1.16. The van der Waals surface area contributed by atoms with Crippen LogP contribution in [0, 0.1) is 0 Å². The van der Waals surface area contributed by atoms with Crippen molar-refractivity contribution in [2.45, 2.75) is 38.6 Å². The average Bonchev–Trinajstić information content (AvgIpc) is 2.29. The molecular formula is C12H20N4. The normalized spacial score (nSPS) is 17.6. The van der Waals surface area contributed by atoms with Crippen molar-refractivity contribution in [3.8, 4) is 0 Å². The van der Waals surface area contributed by atoms with Crippen LogP contribution in [-0.2, 0) is 5.54 Å². The van der Waals surface area contributed by atoms with E-state index < -0.39 is 5.54 Å². The van der Waals surface area contributed by atoms with Crippen LogP contribution in [0.4, 0.5) is 5.95 Å². The van der Waals surface area contributed by atoms with Crippen LogP contribution in [0.2, 0.25) is 0 Å². The minimum Gasteiger partial charge on any atom is -0.341 e. The molecule has 16 heavy (non-hydrogen) atoms. The summed E-state index contributed by atoms with van der Waals surface area (Å²) >= 11 is 0. The average molecular weight is 220 g/mol. The van der Waals surface area contributed by atoms with Gasteiger partial charge in [-0.1, -0.05) is 0 Å². The summed E-state index contributed by atoms with van der Waals surface area (Å²) < 4.78 is 0. The first-order valence-corrected chi connectivity index (χ1v) is 5.95. The highest BCUT2D eigenvalue weighted by atomic mass is 15.3. The molecule has 0 bridgehead atoms. The quantitative estimate of drug-likeness (QED) is 0.823. The van der Waals surface area contributed by atoms with Crippen LogP contribution in [0.5, 0.6) is 0 Å². The fraction of sp³-hybridized carbons (Fsp3) is 0.667. The number of nitrogens with two attached hydrogens (primary N) is 1. The molecule has 2 N–H and O–H groups in total. The predicted molar refractivity (Wildman–Crippen MR) is 65.3 cm³/mol. The maximum Gasteiger partial charge on any atom is 0.225 e. The van der Waals surface area contributed by atoms with Gasteiger partial charge in [-0.25, -0.2) is 9.97 Å². The zero-order valence-electron chi connectivity index (χ0n) is 10.1. The second kappa shape index (κ2) is 4.37. The Labute approximate surface area is 96.9 Å². The molecule has 0 unspecified atom stereocenters. The monoisotopic (exact) mass is 220 g/mol. The van der Waals surface area contributed by atoms with E-state index in [9.17, 15) is 0 Å². The van der Waals surface area contributed by atoms with E-state index >= 15 is 0 Å². The third-order valence-corrected chi connectivity index (χ3v) is 2.94. The number of piperidine rings is 1. The first-order valence-electron chi connectivity index (χ1n) is 5.95. The number of rotatable bonds is 2. The highest BCUT2D eigenvalue weighted by Crippen LogP contribution is 2.19. The molecule has 0 amide bonds. The lowest BCUT2D eigenvalue weighted by molar-refractivity contribution is 0.525. The van der Waals surface area contributed by atoms with Crippen LogP contribution in [0.25, 0.3) is 0 Å². The van der Waals surface area contributed by atoms with E-state index in [1.54, 1.807) is 6.20 Å². The molecule has 0 atom stereocenters. The maximum absolute atomic E-state index is 6.05. The van der Waals surface area contributed by atoms with Crippen LogP contribution in [0.1, 0.15) is 38.8 Å². The maximum atomic E-state index is 6.05. The van der Waals surface area contributed by atoms with Crippen molar-refractivity contribution >= 4 is 5.95 Å². The molecule has 0 saturated carbocycles. The lowest BCUT2D eigenvalue weighted by atomic mass is 10.0. The zero-order valence-corrected chi connectivity index (χ0v) is 10.1. The summed E-state index contributed by atoms with van der Waals surface area (Å²) in [4.78, 5) is 11.1. The molecular weight excluding hydrogens is 200 g/mol.